The number of benzene rings is 2. The van der Waals surface area contributed by atoms with Gasteiger partial charge in [0, 0.05) is 30.1 Å². The van der Waals surface area contributed by atoms with Gasteiger partial charge in [0.25, 0.3) is 0 Å². The Bertz CT molecular complexity index is 1470. The summed E-state index contributed by atoms with van der Waals surface area (Å²) in [6, 6.07) is 21.6. The standard InChI is InChI=1S/C29H28ClN5O2/c1-17-14-23-25(26(30)32-17)28-27(37-23,21-12-10-19(15-31)11-13-21)24(20-8-6-5-7-9-20)22(16-35(3)4)29(28,36)34-18(2)33-28/h5-14,22,24,36H,16H2,1-4H3,(H,33,34)/t22-,24-,27+,28-,29-/m1/s1. The highest BCUT2D eigenvalue weighted by molar-refractivity contribution is 6.30. The van der Waals surface area contributed by atoms with Crippen LogP contribution in [0.4, 0.5) is 0 Å². The summed E-state index contributed by atoms with van der Waals surface area (Å²) in [5.41, 5.74) is -0.379. The zero-order valence-electron chi connectivity index (χ0n) is 21.2. The van der Waals surface area contributed by atoms with Gasteiger partial charge in [-0.1, -0.05) is 54.1 Å². The van der Waals surface area contributed by atoms with E-state index in [0.717, 1.165) is 11.1 Å². The van der Waals surface area contributed by atoms with Crippen molar-refractivity contribution in [1.82, 2.24) is 15.2 Å². The minimum Gasteiger partial charge on any atom is -0.478 e. The number of aromatic nitrogens is 1. The van der Waals surface area contributed by atoms with Gasteiger partial charge in [0.15, 0.2) is 16.9 Å². The zero-order chi connectivity index (χ0) is 26.2. The Kier molecular flexibility index (Phi) is 5.19. The molecule has 5 atom stereocenters. The van der Waals surface area contributed by atoms with Gasteiger partial charge in [-0.25, -0.2) is 4.98 Å². The van der Waals surface area contributed by atoms with Gasteiger partial charge < -0.3 is 20.1 Å². The average molecular weight is 514 g/mol. The van der Waals surface area contributed by atoms with Crippen molar-refractivity contribution in [3.05, 3.63) is 93.8 Å². The maximum Gasteiger partial charge on any atom is 0.186 e. The number of rotatable bonds is 4. The lowest BCUT2D eigenvalue weighted by molar-refractivity contribution is -0.0855. The van der Waals surface area contributed by atoms with Crippen molar-refractivity contribution in [1.29, 1.82) is 5.26 Å². The summed E-state index contributed by atoms with van der Waals surface area (Å²) in [6.45, 7) is 4.28. The molecule has 0 amide bonds. The third-order valence-electron chi connectivity index (χ3n) is 8.04. The first-order valence-electron chi connectivity index (χ1n) is 12.3. The zero-order valence-corrected chi connectivity index (χ0v) is 21.9. The third kappa shape index (κ3) is 2.95. The molecular formula is C29H28ClN5O2. The van der Waals surface area contributed by atoms with E-state index < -0.39 is 16.9 Å². The molecule has 7 nitrogen and oxygen atoms in total. The van der Waals surface area contributed by atoms with Crippen LogP contribution >= 0.6 is 11.6 Å². The second-order valence-electron chi connectivity index (χ2n) is 10.5. The second-order valence-corrected chi connectivity index (χ2v) is 10.9. The van der Waals surface area contributed by atoms with Gasteiger partial charge in [-0.05, 0) is 51.2 Å². The molecule has 6 rings (SSSR count). The third-order valence-corrected chi connectivity index (χ3v) is 8.31. The number of nitrogens with one attached hydrogen (secondary N) is 1. The van der Waals surface area contributed by atoms with E-state index in [1.807, 2.05) is 64.3 Å². The molecule has 0 saturated heterocycles. The summed E-state index contributed by atoms with van der Waals surface area (Å²) in [6.07, 6.45) is 0. The number of pyridine rings is 1. The van der Waals surface area contributed by atoms with E-state index in [4.69, 9.17) is 21.3 Å². The molecule has 2 aliphatic heterocycles. The van der Waals surface area contributed by atoms with Crippen LogP contribution in [0.3, 0.4) is 0 Å². The van der Waals surface area contributed by atoms with Gasteiger partial charge in [-0.15, -0.1) is 0 Å². The molecular weight excluding hydrogens is 486 g/mol. The van der Waals surface area contributed by atoms with E-state index >= 15 is 0 Å². The number of amidine groups is 1. The molecule has 1 saturated carbocycles. The van der Waals surface area contributed by atoms with Crippen LogP contribution in [0.5, 0.6) is 5.75 Å². The fourth-order valence-electron chi connectivity index (χ4n) is 6.96. The van der Waals surface area contributed by atoms with Crippen LogP contribution in [0.25, 0.3) is 0 Å². The highest BCUT2D eigenvalue weighted by Gasteiger charge is 2.85. The highest BCUT2D eigenvalue weighted by atomic mass is 35.5. The number of aliphatic hydroxyl groups is 1. The Morgan fingerprint density at radius 3 is 2.49 bits per heavy atom. The number of fused-ring (bicyclic) bond motifs is 1. The summed E-state index contributed by atoms with van der Waals surface area (Å²) in [5.74, 6) is 0.475. The Balaban J connectivity index is 1.77. The van der Waals surface area contributed by atoms with Crippen LogP contribution < -0.4 is 10.1 Å². The lowest BCUT2D eigenvalue weighted by Crippen LogP contribution is -2.61. The van der Waals surface area contributed by atoms with Crippen molar-refractivity contribution in [2.24, 2.45) is 10.9 Å². The van der Waals surface area contributed by atoms with E-state index in [0.29, 0.717) is 35.0 Å². The predicted molar refractivity (Wildman–Crippen MR) is 142 cm³/mol. The van der Waals surface area contributed by atoms with E-state index in [-0.39, 0.29) is 17.0 Å². The molecule has 37 heavy (non-hydrogen) atoms. The Hall–Kier alpha value is -3.44. The quantitative estimate of drug-likeness (QED) is 0.510. The molecule has 0 bridgehead atoms. The highest BCUT2D eigenvalue weighted by Crippen LogP contribution is 2.74. The van der Waals surface area contributed by atoms with Crippen LogP contribution in [0.15, 0.2) is 65.7 Å². The molecule has 0 unspecified atom stereocenters. The summed E-state index contributed by atoms with van der Waals surface area (Å²) in [4.78, 5) is 11.8. The smallest absolute Gasteiger partial charge is 0.186 e. The number of aryl methyl sites for hydroxylation is 1. The van der Waals surface area contributed by atoms with Crippen molar-refractivity contribution in [3.8, 4) is 11.8 Å². The molecule has 188 valence electrons. The summed E-state index contributed by atoms with van der Waals surface area (Å²) in [7, 11) is 3.99. The number of hydrogen-bond donors (Lipinski definition) is 2. The molecule has 8 heteroatoms. The van der Waals surface area contributed by atoms with Gasteiger partial charge in [0.1, 0.15) is 10.9 Å². The van der Waals surface area contributed by atoms with E-state index in [2.05, 4.69) is 33.4 Å². The molecule has 3 aromatic rings. The predicted octanol–water partition coefficient (Wildman–Crippen LogP) is 4.08. The Morgan fingerprint density at radius 1 is 1.14 bits per heavy atom. The first-order valence-corrected chi connectivity index (χ1v) is 12.7. The Labute approximate surface area is 221 Å². The van der Waals surface area contributed by atoms with E-state index in [1.165, 1.54) is 0 Å². The molecule has 3 aliphatic rings. The fourth-order valence-corrected chi connectivity index (χ4v) is 7.33. The maximum absolute atomic E-state index is 12.9. The van der Waals surface area contributed by atoms with Crippen molar-refractivity contribution in [2.75, 3.05) is 20.6 Å². The van der Waals surface area contributed by atoms with Crippen LogP contribution in [0.1, 0.15) is 40.8 Å². The van der Waals surface area contributed by atoms with Crippen LogP contribution in [0.2, 0.25) is 5.15 Å². The molecule has 2 aromatic carbocycles. The molecule has 3 heterocycles. The number of aliphatic imine (C=N–C) groups is 1. The van der Waals surface area contributed by atoms with Crippen LogP contribution in [0, 0.1) is 24.2 Å². The largest absolute Gasteiger partial charge is 0.478 e. The maximum atomic E-state index is 12.9. The SMILES string of the molecule is CC1=N[C@]23c4c(cc(C)nc4Cl)O[C@@]2(c2ccc(C#N)cc2)[C@H](c2ccccc2)[C@@H](CN(C)C)[C@]3(O)N1. The first-order chi connectivity index (χ1) is 17.7. The number of hydrogen-bond acceptors (Lipinski definition) is 7. The van der Waals surface area contributed by atoms with Crippen LogP contribution in [-0.2, 0) is 11.1 Å². The number of nitrogens with zero attached hydrogens (tertiary/aromatic N) is 4. The van der Waals surface area contributed by atoms with Crippen molar-refractivity contribution >= 4 is 17.4 Å². The molecule has 1 fully saturated rings. The monoisotopic (exact) mass is 513 g/mol. The molecule has 2 N–H and O–H groups in total. The van der Waals surface area contributed by atoms with Crippen molar-refractivity contribution in [2.45, 2.75) is 36.6 Å². The number of ether oxygens (including phenoxy) is 1. The Morgan fingerprint density at radius 2 is 1.84 bits per heavy atom. The minimum atomic E-state index is -1.54. The fraction of sp³-hybridized carbons (Fsp3) is 0.345. The van der Waals surface area contributed by atoms with Crippen LogP contribution in [-0.4, -0.2) is 47.2 Å². The van der Waals surface area contributed by atoms with Gasteiger partial charge in [0.05, 0.1) is 23.0 Å². The normalized spacial score (nSPS) is 31.1. The van der Waals surface area contributed by atoms with E-state index in [9.17, 15) is 10.4 Å². The molecule has 1 aliphatic carbocycles. The number of halogens is 1. The number of nitriles is 1. The van der Waals surface area contributed by atoms with Gasteiger partial charge in [-0.2, -0.15) is 5.26 Å². The van der Waals surface area contributed by atoms with Crippen molar-refractivity contribution in [3.63, 3.8) is 0 Å². The summed E-state index contributed by atoms with van der Waals surface area (Å²) < 4.78 is 7.10. The lowest BCUT2D eigenvalue weighted by Gasteiger charge is -2.42. The lowest BCUT2D eigenvalue weighted by atomic mass is 9.69. The summed E-state index contributed by atoms with van der Waals surface area (Å²) >= 11 is 6.90. The average Bonchev–Trinajstić information content (AvgIpc) is 3.36. The topological polar surface area (TPSA) is 93.8 Å². The van der Waals surface area contributed by atoms with E-state index in [1.54, 1.807) is 12.1 Å². The van der Waals surface area contributed by atoms with Gasteiger partial charge in [0.2, 0.25) is 0 Å². The summed E-state index contributed by atoms with van der Waals surface area (Å²) in [5, 5.41) is 26.0. The van der Waals surface area contributed by atoms with Gasteiger partial charge in [-0.3, -0.25) is 4.99 Å². The van der Waals surface area contributed by atoms with Gasteiger partial charge >= 0.3 is 0 Å². The van der Waals surface area contributed by atoms with Crippen molar-refractivity contribution < 1.29 is 9.84 Å². The first kappa shape index (κ1) is 23.9. The second kappa shape index (κ2) is 8.03. The minimum absolute atomic E-state index is 0.265. The molecule has 1 aromatic heterocycles. The molecule has 1 spiro atoms. The molecule has 0 radical (unpaired) electrons.